The van der Waals surface area contributed by atoms with Crippen molar-refractivity contribution in [3.8, 4) is 0 Å². The van der Waals surface area contributed by atoms with E-state index in [1.54, 1.807) is 25.2 Å². The minimum Gasteiger partial charge on any atom is -0.344 e. The lowest BCUT2D eigenvalue weighted by Gasteiger charge is -2.28. The first kappa shape index (κ1) is 27.0. The Morgan fingerprint density at radius 3 is 2.32 bits per heavy atom. The zero-order valence-corrected chi connectivity index (χ0v) is 22.3. The Morgan fingerprint density at radius 1 is 0.895 bits per heavy atom. The molecule has 2 N–H and O–H groups in total. The molecule has 0 aliphatic heterocycles. The molecule has 0 aliphatic carbocycles. The van der Waals surface area contributed by atoms with Crippen LogP contribution >= 0.6 is 0 Å². The average molecular weight is 509 g/mol. The number of carbonyl (C=O) groups excluding carboxylic acids is 2. The van der Waals surface area contributed by atoms with Crippen LogP contribution < -0.4 is 10.6 Å². The Hall–Kier alpha value is -4.03. The molecule has 38 heavy (non-hydrogen) atoms. The molecule has 196 valence electrons. The fraction of sp³-hybridized carbons (Fsp3) is 0.281. The molecule has 1 aromatic heterocycles. The van der Waals surface area contributed by atoms with Gasteiger partial charge < -0.3 is 15.5 Å². The molecule has 4 aromatic rings. The summed E-state index contributed by atoms with van der Waals surface area (Å²) >= 11 is 0. The van der Waals surface area contributed by atoms with Crippen molar-refractivity contribution in [1.82, 2.24) is 20.5 Å². The van der Waals surface area contributed by atoms with Crippen LogP contribution in [0, 0.1) is 0 Å². The van der Waals surface area contributed by atoms with Crippen molar-refractivity contribution < 1.29 is 9.59 Å². The smallest absolute Gasteiger partial charge is 0.245 e. The molecular weight excluding hydrogens is 472 g/mol. The van der Waals surface area contributed by atoms with E-state index in [0.29, 0.717) is 19.4 Å². The average Bonchev–Trinajstić information content (AvgIpc) is 2.96. The fourth-order valence-electron chi connectivity index (χ4n) is 4.81. The van der Waals surface area contributed by atoms with Crippen LogP contribution in [-0.4, -0.2) is 54.4 Å². The number of benzene rings is 3. The summed E-state index contributed by atoms with van der Waals surface area (Å²) in [5.74, 6) is -0.411. The number of hydrogen-bond acceptors (Lipinski definition) is 4. The number of hydrogen-bond donors (Lipinski definition) is 2. The molecule has 0 bridgehead atoms. The first-order valence-corrected chi connectivity index (χ1v) is 13.1. The third-order valence-corrected chi connectivity index (χ3v) is 7.10. The first-order chi connectivity index (χ1) is 18.5. The summed E-state index contributed by atoms with van der Waals surface area (Å²) in [6.07, 6.45) is 2.82. The Balaban J connectivity index is 1.50. The van der Waals surface area contributed by atoms with Crippen molar-refractivity contribution in [1.29, 1.82) is 0 Å². The van der Waals surface area contributed by atoms with Gasteiger partial charge in [-0.15, -0.1) is 0 Å². The van der Waals surface area contributed by atoms with Crippen LogP contribution in [0.5, 0.6) is 0 Å². The maximum atomic E-state index is 13.6. The Morgan fingerprint density at radius 2 is 1.61 bits per heavy atom. The number of fused-ring (bicyclic) bond motifs is 1. The van der Waals surface area contributed by atoms with Crippen molar-refractivity contribution in [2.75, 3.05) is 20.6 Å². The van der Waals surface area contributed by atoms with Gasteiger partial charge in [0.1, 0.15) is 6.04 Å². The second kappa shape index (κ2) is 13.0. The summed E-state index contributed by atoms with van der Waals surface area (Å²) in [5.41, 5.74) is 2.99. The highest BCUT2D eigenvalue weighted by Crippen LogP contribution is 2.24. The van der Waals surface area contributed by atoms with Gasteiger partial charge in [-0.05, 0) is 41.1 Å². The van der Waals surface area contributed by atoms with Gasteiger partial charge in [0.05, 0.1) is 6.04 Å². The van der Waals surface area contributed by atoms with E-state index in [1.807, 2.05) is 67.6 Å². The minimum absolute atomic E-state index is 0.0982. The Bertz CT molecular complexity index is 1340. The number of nitrogens with one attached hydrogen (secondary N) is 2. The predicted octanol–water partition coefficient (Wildman–Crippen LogP) is 4.35. The predicted molar refractivity (Wildman–Crippen MR) is 153 cm³/mol. The summed E-state index contributed by atoms with van der Waals surface area (Å²) in [6.45, 7) is 2.55. The maximum absolute atomic E-state index is 13.6. The lowest BCUT2D eigenvalue weighted by atomic mass is 9.90. The highest BCUT2D eigenvalue weighted by atomic mass is 16.2. The molecule has 6 heteroatoms. The summed E-state index contributed by atoms with van der Waals surface area (Å²) in [5, 5.41) is 8.56. The standard InChI is InChI=1S/C32H36N4O2/c1-23(26-17-16-25-13-7-8-14-27(25)22-26)30(33-2)31(37)35-29(21-24-11-5-4-6-12-24)32(38)36(3)20-18-28-15-9-10-19-34-28/h4-17,19,22-23,29-30,33H,18,20-21H2,1-3H3,(H,35,37)/t23?,29-,30?/m1/s1. The molecule has 2 unspecified atom stereocenters. The molecule has 2 amide bonds. The van der Waals surface area contributed by atoms with E-state index >= 15 is 0 Å². The molecule has 4 rings (SSSR count). The highest BCUT2D eigenvalue weighted by Gasteiger charge is 2.30. The van der Waals surface area contributed by atoms with Gasteiger partial charge >= 0.3 is 0 Å². The fourth-order valence-corrected chi connectivity index (χ4v) is 4.81. The first-order valence-electron chi connectivity index (χ1n) is 13.1. The SMILES string of the molecule is CNC(C(=O)N[C@H](Cc1ccccc1)C(=O)N(C)CCc1ccccn1)C(C)c1ccc2ccccc2c1. The quantitative estimate of drug-likeness (QED) is 0.316. The van der Waals surface area contributed by atoms with Gasteiger partial charge in [-0.3, -0.25) is 14.6 Å². The van der Waals surface area contributed by atoms with Crippen LogP contribution in [0.25, 0.3) is 10.8 Å². The van der Waals surface area contributed by atoms with Gasteiger partial charge in [-0.25, -0.2) is 0 Å². The van der Waals surface area contributed by atoms with Crippen LogP contribution in [0.1, 0.15) is 29.7 Å². The van der Waals surface area contributed by atoms with Crippen LogP contribution in [0.15, 0.2) is 97.2 Å². The second-order valence-electron chi connectivity index (χ2n) is 9.74. The molecule has 0 saturated carbocycles. The van der Waals surface area contributed by atoms with E-state index in [1.165, 1.54) is 0 Å². The normalized spacial score (nSPS) is 13.4. The van der Waals surface area contributed by atoms with Crippen LogP contribution in [0.2, 0.25) is 0 Å². The van der Waals surface area contributed by atoms with Gasteiger partial charge in [0.2, 0.25) is 11.8 Å². The largest absolute Gasteiger partial charge is 0.344 e. The van der Waals surface area contributed by atoms with Gasteiger partial charge in [0, 0.05) is 44.2 Å². The molecule has 0 spiro atoms. The lowest BCUT2D eigenvalue weighted by molar-refractivity contribution is -0.136. The number of rotatable bonds is 11. The van der Waals surface area contributed by atoms with Crippen LogP contribution in [0.4, 0.5) is 0 Å². The zero-order valence-electron chi connectivity index (χ0n) is 22.3. The zero-order chi connectivity index (χ0) is 26.9. The molecule has 0 aliphatic rings. The van der Waals surface area contributed by atoms with Crippen molar-refractivity contribution in [2.45, 2.75) is 37.8 Å². The van der Waals surface area contributed by atoms with Gasteiger partial charge in [0.15, 0.2) is 0 Å². The summed E-state index contributed by atoms with van der Waals surface area (Å²) < 4.78 is 0. The molecule has 0 saturated heterocycles. The monoisotopic (exact) mass is 508 g/mol. The highest BCUT2D eigenvalue weighted by molar-refractivity contribution is 5.91. The van der Waals surface area contributed by atoms with Gasteiger partial charge in [-0.1, -0.05) is 85.8 Å². The van der Waals surface area contributed by atoms with E-state index in [9.17, 15) is 9.59 Å². The van der Waals surface area contributed by atoms with Crippen LogP contribution in [-0.2, 0) is 22.4 Å². The molecule has 0 fully saturated rings. The van der Waals surface area contributed by atoms with Crippen molar-refractivity contribution >= 4 is 22.6 Å². The second-order valence-corrected chi connectivity index (χ2v) is 9.74. The molecule has 0 radical (unpaired) electrons. The molecule has 6 nitrogen and oxygen atoms in total. The van der Waals surface area contributed by atoms with E-state index in [2.05, 4.69) is 45.9 Å². The molecular formula is C32H36N4O2. The van der Waals surface area contributed by atoms with E-state index in [4.69, 9.17) is 0 Å². The molecule has 3 atom stereocenters. The minimum atomic E-state index is -0.682. The van der Waals surface area contributed by atoms with Crippen LogP contribution in [0.3, 0.4) is 0 Å². The maximum Gasteiger partial charge on any atom is 0.245 e. The number of amides is 2. The summed E-state index contributed by atoms with van der Waals surface area (Å²) in [4.78, 5) is 33.2. The van der Waals surface area contributed by atoms with E-state index in [0.717, 1.165) is 27.6 Å². The Labute approximate surface area is 225 Å². The number of nitrogens with zero attached hydrogens (tertiary/aromatic N) is 2. The topological polar surface area (TPSA) is 74.3 Å². The van der Waals surface area contributed by atoms with Crippen molar-refractivity contribution in [3.63, 3.8) is 0 Å². The van der Waals surface area contributed by atoms with E-state index < -0.39 is 12.1 Å². The summed E-state index contributed by atoms with van der Waals surface area (Å²) in [7, 11) is 3.57. The van der Waals surface area contributed by atoms with Gasteiger partial charge in [-0.2, -0.15) is 0 Å². The lowest BCUT2D eigenvalue weighted by Crippen LogP contribution is -2.54. The third-order valence-electron chi connectivity index (χ3n) is 7.10. The third kappa shape index (κ3) is 6.84. The number of likely N-dealkylation sites (N-methyl/N-ethyl adjacent to an activating group) is 2. The number of pyridine rings is 1. The Kier molecular flexibility index (Phi) is 9.22. The van der Waals surface area contributed by atoms with Crippen molar-refractivity contribution in [3.05, 3.63) is 114 Å². The summed E-state index contributed by atoms with van der Waals surface area (Å²) in [6, 6.07) is 28.9. The number of carbonyl (C=O) groups is 2. The van der Waals surface area contributed by atoms with Crippen molar-refractivity contribution in [2.24, 2.45) is 0 Å². The number of aromatic nitrogens is 1. The van der Waals surface area contributed by atoms with Gasteiger partial charge in [0.25, 0.3) is 0 Å². The molecule has 3 aromatic carbocycles. The molecule has 1 heterocycles. The van der Waals surface area contributed by atoms with E-state index in [-0.39, 0.29) is 17.7 Å².